The third kappa shape index (κ3) is 3.82. The molecule has 1 aliphatic rings. The summed E-state index contributed by atoms with van der Waals surface area (Å²) >= 11 is 0. The highest BCUT2D eigenvalue weighted by molar-refractivity contribution is 5.92. The van der Waals surface area contributed by atoms with Crippen molar-refractivity contribution in [2.75, 3.05) is 18.5 Å². The summed E-state index contributed by atoms with van der Waals surface area (Å²) in [7, 11) is 0. The molecule has 1 aromatic carbocycles. The number of hydrogen-bond acceptors (Lipinski definition) is 3. The molecule has 0 radical (unpaired) electrons. The smallest absolute Gasteiger partial charge is 0.238 e. The maximum absolute atomic E-state index is 11.7. The van der Waals surface area contributed by atoms with Crippen LogP contribution >= 0.6 is 0 Å². The zero-order valence-corrected chi connectivity index (χ0v) is 10.7. The number of rotatable bonds is 5. The minimum Gasteiger partial charge on any atom is -0.377 e. The number of anilines is 1. The number of amides is 1. The standard InChI is InChI=1S/C14H20N2O2/c1-11(13-8-5-9-18-13)15-10-14(17)16-12-6-3-2-4-7-12/h2-4,6-7,11,13,15H,5,8-10H2,1H3,(H,16,17)/t11-,13-/m0/s1. The largest absolute Gasteiger partial charge is 0.377 e. The molecule has 2 N–H and O–H groups in total. The third-order valence-electron chi connectivity index (χ3n) is 3.16. The fraction of sp³-hybridized carbons (Fsp3) is 0.500. The van der Waals surface area contributed by atoms with Gasteiger partial charge in [-0.2, -0.15) is 0 Å². The predicted molar refractivity (Wildman–Crippen MR) is 71.5 cm³/mol. The Morgan fingerprint density at radius 1 is 1.44 bits per heavy atom. The van der Waals surface area contributed by atoms with Crippen LogP contribution in [0, 0.1) is 0 Å². The molecule has 0 bridgehead atoms. The fourth-order valence-electron chi connectivity index (χ4n) is 2.11. The number of para-hydroxylation sites is 1. The molecule has 18 heavy (non-hydrogen) atoms. The van der Waals surface area contributed by atoms with E-state index >= 15 is 0 Å². The normalized spacial score (nSPS) is 20.6. The van der Waals surface area contributed by atoms with Crippen molar-refractivity contribution in [1.29, 1.82) is 0 Å². The van der Waals surface area contributed by atoms with Gasteiger partial charge in [0.05, 0.1) is 12.6 Å². The van der Waals surface area contributed by atoms with Crippen LogP contribution in [-0.2, 0) is 9.53 Å². The second-order valence-corrected chi connectivity index (χ2v) is 4.64. The van der Waals surface area contributed by atoms with Gasteiger partial charge in [-0.05, 0) is 31.9 Å². The van der Waals surface area contributed by atoms with Crippen molar-refractivity contribution in [2.24, 2.45) is 0 Å². The summed E-state index contributed by atoms with van der Waals surface area (Å²) in [4.78, 5) is 11.7. The molecule has 0 spiro atoms. The molecule has 4 heteroatoms. The Morgan fingerprint density at radius 3 is 2.89 bits per heavy atom. The van der Waals surface area contributed by atoms with Gasteiger partial charge in [-0.1, -0.05) is 18.2 Å². The van der Waals surface area contributed by atoms with Crippen LogP contribution in [0.1, 0.15) is 19.8 Å². The first-order chi connectivity index (χ1) is 8.75. The second kappa shape index (κ2) is 6.52. The molecule has 1 amide bonds. The highest BCUT2D eigenvalue weighted by atomic mass is 16.5. The summed E-state index contributed by atoms with van der Waals surface area (Å²) in [5.41, 5.74) is 0.828. The van der Waals surface area contributed by atoms with Gasteiger partial charge in [0, 0.05) is 18.3 Å². The van der Waals surface area contributed by atoms with Crippen LogP contribution in [0.2, 0.25) is 0 Å². The Kier molecular flexibility index (Phi) is 4.73. The average molecular weight is 248 g/mol. The molecule has 0 saturated carbocycles. The quantitative estimate of drug-likeness (QED) is 0.835. The molecule has 2 rings (SSSR count). The number of nitrogens with one attached hydrogen (secondary N) is 2. The lowest BCUT2D eigenvalue weighted by atomic mass is 10.1. The molecule has 0 aliphatic carbocycles. The van der Waals surface area contributed by atoms with Gasteiger partial charge in [0.25, 0.3) is 0 Å². The number of ether oxygens (including phenoxy) is 1. The first kappa shape index (κ1) is 13.1. The third-order valence-corrected chi connectivity index (χ3v) is 3.16. The van der Waals surface area contributed by atoms with Gasteiger partial charge < -0.3 is 15.4 Å². The second-order valence-electron chi connectivity index (χ2n) is 4.64. The molecule has 0 unspecified atom stereocenters. The van der Waals surface area contributed by atoms with Crippen LogP contribution in [0.15, 0.2) is 30.3 Å². The molecule has 2 atom stereocenters. The minimum absolute atomic E-state index is 0.0222. The lowest BCUT2D eigenvalue weighted by Crippen LogP contribution is -2.41. The van der Waals surface area contributed by atoms with E-state index in [1.807, 2.05) is 30.3 Å². The summed E-state index contributed by atoms with van der Waals surface area (Å²) in [5.74, 6) is -0.0222. The van der Waals surface area contributed by atoms with Gasteiger partial charge in [-0.15, -0.1) is 0 Å². The Morgan fingerprint density at radius 2 is 2.22 bits per heavy atom. The van der Waals surface area contributed by atoms with Crippen LogP contribution in [0.3, 0.4) is 0 Å². The zero-order chi connectivity index (χ0) is 12.8. The molecule has 1 heterocycles. The summed E-state index contributed by atoms with van der Waals surface area (Å²) in [6, 6.07) is 9.70. The van der Waals surface area contributed by atoms with Crippen molar-refractivity contribution in [3.05, 3.63) is 30.3 Å². The van der Waals surface area contributed by atoms with Crippen molar-refractivity contribution >= 4 is 11.6 Å². The topological polar surface area (TPSA) is 50.4 Å². The van der Waals surface area contributed by atoms with Gasteiger partial charge in [-0.3, -0.25) is 4.79 Å². The van der Waals surface area contributed by atoms with Crippen molar-refractivity contribution in [3.63, 3.8) is 0 Å². The van der Waals surface area contributed by atoms with Gasteiger partial charge in [-0.25, -0.2) is 0 Å². The van der Waals surface area contributed by atoms with Crippen LogP contribution in [-0.4, -0.2) is 31.2 Å². The SMILES string of the molecule is C[C@H](NCC(=O)Nc1ccccc1)[C@@H]1CCCO1. The minimum atomic E-state index is -0.0222. The van der Waals surface area contributed by atoms with Crippen molar-refractivity contribution in [1.82, 2.24) is 5.32 Å². The first-order valence-electron chi connectivity index (χ1n) is 6.45. The fourth-order valence-corrected chi connectivity index (χ4v) is 2.11. The lowest BCUT2D eigenvalue weighted by molar-refractivity contribution is -0.115. The van der Waals surface area contributed by atoms with E-state index in [1.165, 1.54) is 0 Å². The Bertz CT molecular complexity index is 375. The van der Waals surface area contributed by atoms with Gasteiger partial charge in [0.15, 0.2) is 0 Å². The molecule has 1 fully saturated rings. The lowest BCUT2D eigenvalue weighted by Gasteiger charge is -2.19. The molecule has 98 valence electrons. The highest BCUT2D eigenvalue weighted by Crippen LogP contribution is 2.15. The van der Waals surface area contributed by atoms with Gasteiger partial charge in [0.1, 0.15) is 0 Å². The number of benzene rings is 1. The van der Waals surface area contributed by atoms with E-state index < -0.39 is 0 Å². The number of hydrogen-bond donors (Lipinski definition) is 2. The summed E-state index contributed by atoms with van der Waals surface area (Å²) in [6.07, 6.45) is 2.44. The maximum Gasteiger partial charge on any atom is 0.238 e. The zero-order valence-electron chi connectivity index (χ0n) is 10.7. The highest BCUT2D eigenvalue weighted by Gasteiger charge is 2.22. The molecule has 1 aliphatic heterocycles. The van der Waals surface area contributed by atoms with E-state index in [1.54, 1.807) is 0 Å². The van der Waals surface area contributed by atoms with Crippen molar-refractivity contribution < 1.29 is 9.53 Å². The van der Waals surface area contributed by atoms with Gasteiger partial charge >= 0.3 is 0 Å². The Labute approximate surface area is 108 Å². The van der Waals surface area contributed by atoms with Crippen molar-refractivity contribution in [2.45, 2.75) is 31.9 Å². The van der Waals surface area contributed by atoms with E-state index in [0.29, 0.717) is 6.54 Å². The number of carbonyl (C=O) groups is 1. The average Bonchev–Trinajstić information content (AvgIpc) is 2.91. The Hall–Kier alpha value is -1.39. The van der Waals surface area contributed by atoms with Crippen LogP contribution < -0.4 is 10.6 Å². The molecule has 1 saturated heterocycles. The van der Waals surface area contributed by atoms with E-state index in [4.69, 9.17) is 4.74 Å². The summed E-state index contributed by atoms with van der Waals surface area (Å²) in [5, 5.41) is 6.05. The van der Waals surface area contributed by atoms with Gasteiger partial charge in [0.2, 0.25) is 5.91 Å². The molecule has 0 aromatic heterocycles. The molecular weight excluding hydrogens is 228 g/mol. The molecular formula is C14H20N2O2. The summed E-state index contributed by atoms with van der Waals surface area (Å²) in [6.45, 7) is 3.22. The van der Waals surface area contributed by atoms with E-state index in [-0.39, 0.29) is 18.1 Å². The van der Waals surface area contributed by atoms with Crippen molar-refractivity contribution in [3.8, 4) is 0 Å². The Balaban J connectivity index is 1.71. The summed E-state index contributed by atoms with van der Waals surface area (Å²) < 4.78 is 5.57. The van der Waals surface area contributed by atoms with E-state index in [2.05, 4.69) is 17.6 Å². The van der Waals surface area contributed by atoms with E-state index in [0.717, 1.165) is 25.1 Å². The molecule has 1 aromatic rings. The maximum atomic E-state index is 11.7. The van der Waals surface area contributed by atoms with Crippen LogP contribution in [0.4, 0.5) is 5.69 Å². The predicted octanol–water partition coefficient (Wildman–Crippen LogP) is 1.78. The molecule has 4 nitrogen and oxygen atoms in total. The first-order valence-corrected chi connectivity index (χ1v) is 6.45. The van der Waals surface area contributed by atoms with E-state index in [9.17, 15) is 4.79 Å². The van der Waals surface area contributed by atoms with Crippen LogP contribution in [0.5, 0.6) is 0 Å². The monoisotopic (exact) mass is 248 g/mol. The van der Waals surface area contributed by atoms with Crippen LogP contribution in [0.25, 0.3) is 0 Å². The number of carbonyl (C=O) groups excluding carboxylic acids is 1.